The quantitative estimate of drug-likeness (QED) is 0.695. The predicted molar refractivity (Wildman–Crippen MR) is 80.8 cm³/mol. The lowest BCUT2D eigenvalue weighted by Crippen LogP contribution is -2.54. The van der Waals surface area contributed by atoms with Gasteiger partial charge in [-0.1, -0.05) is 30.0 Å². The van der Waals surface area contributed by atoms with Gasteiger partial charge in [0.05, 0.1) is 18.3 Å². The number of fused-ring (bicyclic) bond motifs is 4. The maximum absolute atomic E-state index is 12.2. The van der Waals surface area contributed by atoms with Gasteiger partial charge in [-0.25, -0.2) is 4.79 Å². The Labute approximate surface area is 133 Å². The number of rotatable bonds is 0. The maximum Gasteiger partial charge on any atom is 0.325 e. The van der Waals surface area contributed by atoms with Gasteiger partial charge in [0.1, 0.15) is 12.3 Å². The minimum absolute atomic E-state index is 0.233. The molecule has 2 N–H and O–H groups in total. The fourth-order valence-corrected chi connectivity index (χ4v) is 2.98. The van der Waals surface area contributed by atoms with E-state index in [9.17, 15) is 9.90 Å². The molecule has 0 radical (unpaired) electrons. The zero-order valence-corrected chi connectivity index (χ0v) is 12.3. The van der Waals surface area contributed by atoms with Crippen LogP contribution in [0.5, 0.6) is 0 Å². The largest absolute Gasteiger partial charge is 0.390 e. The topological polar surface area (TPSA) is 71.0 Å². The lowest BCUT2D eigenvalue weighted by atomic mass is 10.1. The summed E-state index contributed by atoms with van der Waals surface area (Å²) in [7, 11) is 0. The maximum atomic E-state index is 12.2. The summed E-state index contributed by atoms with van der Waals surface area (Å²) in [4.78, 5) is 13.7. The molecule has 2 amide bonds. The summed E-state index contributed by atoms with van der Waals surface area (Å²) in [5, 5.41) is 12.6. The van der Waals surface area contributed by atoms with E-state index in [-0.39, 0.29) is 12.6 Å². The Morgan fingerprint density at radius 2 is 2.09 bits per heavy atom. The van der Waals surface area contributed by atoms with Crippen LogP contribution in [0.2, 0.25) is 0 Å². The first-order chi connectivity index (χ1) is 11.2. The van der Waals surface area contributed by atoms with Gasteiger partial charge >= 0.3 is 6.03 Å². The van der Waals surface area contributed by atoms with Crippen LogP contribution >= 0.6 is 0 Å². The Morgan fingerprint density at radius 3 is 2.91 bits per heavy atom. The number of urea groups is 1. The number of hydrogen-bond acceptors (Lipinski definition) is 4. The van der Waals surface area contributed by atoms with E-state index < -0.39 is 24.7 Å². The molecular weight excluding hydrogens is 296 g/mol. The van der Waals surface area contributed by atoms with Crippen molar-refractivity contribution in [3.05, 3.63) is 47.7 Å². The third-order valence-corrected chi connectivity index (χ3v) is 4.16. The molecule has 6 heteroatoms. The minimum atomic E-state index is -0.612. The van der Waals surface area contributed by atoms with Crippen LogP contribution in [0.25, 0.3) is 0 Å². The molecule has 0 aromatic heterocycles. The van der Waals surface area contributed by atoms with Crippen molar-refractivity contribution < 1.29 is 19.4 Å². The minimum Gasteiger partial charge on any atom is -0.390 e. The van der Waals surface area contributed by atoms with Crippen molar-refractivity contribution >= 4 is 6.03 Å². The first-order valence-electron chi connectivity index (χ1n) is 7.53. The van der Waals surface area contributed by atoms with Gasteiger partial charge in [0.15, 0.2) is 6.23 Å². The first kappa shape index (κ1) is 14.3. The Bertz CT molecular complexity index is 706. The highest BCUT2D eigenvalue weighted by atomic mass is 16.6. The van der Waals surface area contributed by atoms with E-state index in [0.717, 1.165) is 5.56 Å². The van der Waals surface area contributed by atoms with Crippen molar-refractivity contribution in [2.24, 2.45) is 0 Å². The standard InChI is InChI=1S/C17H16N2O4/c20-13-8-15-19-16(22-10-14(13)23-15)12(9-18-17(19)21)7-6-11-4-2-1-3-5-11/h1-5,9,13-16,20H,8,10H2,(H,18,21)/t13-,14+,15-,16-/m0/s1. The van der Waals surface area contributed by atoms with Crippen LogP contribution in [0.15, 0.2) is 42.1 Å². The molecule has 0 unspecified atom stereocenters. The fraction of sp³-hybridized carbons (Fsp3) is 0.353. The van der Waals surface area contributed by atoms with E-state index in [4.69, 9.17) is 9.47 Å². The van der Waals surface area contributed by atoms with E-state index in [1.54, 1.807) is 6.20 Å². The van der Waals surface area contributed by atoms with Crippen molar-refractivity contribution in [1.82, 2.24) is 10.2 Å². The molecule has 3 heterocycles. The molecule has 2 bridgehead atoms. The summed E-state index contributed by atoms with van der Waals surface area (Å²) in [5.74, 6) is 6.14. The second-order valence-corrected chi connectivity index (χ2v) is 5.69. The molecule has 2 fully saturated rings. The molecule has 1 aromatic rings. The van der Waals surface area contributed by atoms with Crippen LogP contribution in [0.4, 0.5) is 4.79 Å². The molecule has 0 saturated carbocycles. The van der Waals surface area contributed by atoms with Crippen LogP contribution < -0.4 is 5.32 Å². The third-order valence-electron chi connectivity index (χ3n) is 4.16. The van der Waals surface area contributed by atoms with Crippen molar-refractivity contribution in [3.63, 3.8) is 0 Å². The number of carbonyl (C=O) groups excluding carboxylic acids is 1. The van der Waals surface area contributed by atoms with Crippen LogP contribution in [-0.4, -0.2) is 47.3 Å². The number of ether oxygens (including phenoxy) is 2. The fourth-order valence-electron chi connectivity index (χ4n) is 2.98. The van der Waals surface area contributed by atoms with E-state index in [2.05, 4.69) is 17.2 Å². The number of benzene rings is 1. The summed E-state index contributed by atoms with van der Waals surface area (Å²) in [6.07, 6.45) is -0.126. The van der Waals surface area contributed by atoms with E-state index >= 15 is 0 Å². The molecular formula is C17H16N2O4. The highest BCUT2D eigenvalue weighted by Gasteiger charge is 2.47. The van der Waals surface area contributed by atoms with Crippen LogP contribution in [0.1, 0.15) is 12.0 Å². The number of hydrogen-bond donors (Lipinski definition) is 2. The number of aliphatic hydroxyl groups is 1. The van der Waals surface area contributed by atoms with E-state index in [1.807, 2.05) is 30.3 Å². The first-order valence-corrected chi connectivity index (χ1v) is 7.53. The highest BCUT2D eigenvalue weighted by molar-refractivity contribution is 5.78. The molecule has 1 aromatic carbocycles. The zero-order chi connectivity index (χ0) is 15.8. The van der Waals surface area contributed by atoms with Gasteiger partial charge in [0.2, 0.25) is 0 Å². The van der Waals surface area contributed by atoms with Crippen LogP contribution in [0.3, 0.4) is 0 Å². The van der Waals surface area contributed by atoms with Crippen molar-refractivity contribution in [3.8, 4) is 11.8 Å². The Morgan fingerprint density at radius 1 is 1.26 bits per heavy atom. The van der Waals surface area contributed by atoms with Crippen molar-refractivity contribution in [2.75, 3.05) is 6.61 Å². The van der Waals surface area contributed by atoms with Gasteiger partial charge in [-0.15, -0.1) is 0 Å². The smallest absolute Gasteiger partial charge is 0.325 e. The van der Waals surface area contributed by atoms with Crippen LogP contribution in [-0.2, 0) is 9.47 Å². The van der Waals surface area contributed by atoms with Gasteiger partial charge in [0.25, 0.3) is 0 Å². The summed E-state index contributed by atoms with van der Waals surface area (Å²) in [6.45, 7) is 0.233. The lowest BCUT2D eigenvalue weighted by Gasteiger charge is -2.36. The van der Waals surface area contributed by atoms with E-state index in [0.29, 0.717) is 12.0 Å². The second kappa shape index (κ2) is 5.70. The SMILES string of the molecule is O=C1NC=C(C#Cc2ccccc2)[C@@H]2OC[C@H]3O[C@@H](C[C@@H]3O)N12. The molecule has 0 aliphatic carbocycles. The third kappa shape index (κ3) is 2.59. The molecule has 3 aliphatic heterocycles. The van der Waals surface area contributed by atoms with Gasteiger partial charge in [0, 0.05) is 18.2 Å². The molecule has 118 valence electrons. The van der Waals surface area contributed by atoms with Gasteiger partial charge in [-0.2, -0.15) is 0 Å². The Balaban J connectivity index is 1.63. The molecule has 3 aliphatic rings. The number of nitrogens with zero attached hydrogens (tertiary/aromatic N) is 1. The van der Waals surface area contributed by atoms with Crippen molar-refractivity contribution in [2.45, 2.75) is 31.1 Å². The van der Waals surface area contributed by atoms with Crippen molar-refractivity contribution in [1.29, 1.82) is 0 Å². The van der Waals surface area contributed by atoms with E-state index in [1.165, 1.54) is 4.90 Å². The second-order valence-electron chi connectivity index (χ2n) is 5.69. The lowest BCUT2D eigenvalue weighted by molar-refractivity contribution is -0.0472. The zero-order valence-electron chi connectivity index (χ0n) is 12.3. The summed E-state index contributed by atoms with van der Waals surface area (Å²) in [6, 6.07) is 9.30. The predicted octanol–water partition coefficient (Wildman–Crippen LogP) is 0.779. The number of nitrogens with one attached hydrogen (secondary N) is 1. The molecule has 0 spiro atoms. The molecule has 4 rings (SSSR count). The summed E-state index contributed by atoms with van der Waals surface area (Å²) >= 11 is 0. The number of aliphatic hydroxyl groups excluding tert-OH is 1. The molecule has 23 heavy (non-hydrogen) atoms. The summed E-state index contributed by atoms with van der Waals surface area (Å²) in [5.41, 5.74) is 1.55. The average molecular weight is 312 g/mol. The number of carbonyl (C=O) groups is 1. The Hall–Kier alpha value is -2.33. The van der Waals surface area contributed by atoms with Crippen LogP contribution in [0, 0.1) is 11.8 Å². The monoisotopic (exact) mass is 312 g/mol. The molecule has 6 nitrogen and oxygen atoms in total. The molecule has 2 saturated heterocycles. The highest BCUT2D eigenvalue weighted by Crippen LogP contribution is 2.32. The van der Waals surface area contributed by atoms with Gasteiger partial charge in [-0.3, -0.25) is 4.90 Å². The normalized spacial score (nSPS) is 32.1. The molecule has 4 atom stereocenters. The average Bonchev–Trinajstić information content (AvgIpc) is 2.80. The van der Waals surface area contributed by atoms with Gasteiger partial charge < -0.3 is 19.9 Å². The van der Waals surface area contributed by atoms with Gasteiger partial charge in [-0.05, 0) is 12.1 Å². The Kier molecular flexibility index (Phi) is 3.54. The summed E-state index contributed by atoms with van der Waals surface area (Å²) < 4.78 is 11.5. The number of amides is 2.